The van der Waals surface area contributed by atoms with Crippen LogP contribution in [0.15, 0.2) is 42.6 Å². The van der Waals surface area contributed by atoms with Gasteiger partial charge in [0.1, 0.15) is 6.10 Å². The summed E-state index contributed by atoms with van der Waals surface area (Å²) in [5.74, 6) is 0.536. The molecule has 2 heterocycles. The Morgan fingerprint density at radius 2 is 2.22 bits per heavy atom. The predicted octanol–water partition coefficient (Wildman–Crippen LogP) is 2.09. The fraction of sp³-hybridized carbons (Fsp3) is 0.278. The smallest absolute Gasteiger partial charge is 0.227 e. The number of likely N-dealkylation sites (tertiary alicyclic amines) is 1. The Morgan fingerprint density at radius 3 is 2.96 bits per heavy atom. The minimum atomic E-state index is -0.0575. The van der Waals surface area contributed by atoms with E-state index in [0.717, 1.165) is 11.1 Å². The molecule has 5 nitrogen and oxygen atoms in total. The van der Waals surface area contributed by atoms with E-state index >= 15 is 0 Å². The summed E-state index contributed by atoms with van der Waals surface area (Å²) in [6, 6.07) is 13.3. The third-order valence-electron chi connectivity index (χ3n) is 3.79. The van der Waals surface area contributed by atoms with Gasteiger partial charge in [0.2, 0.25) is 11.8 Å². The molecule has 0 bridgehead atoms. The monoisotopic (exact) mass is 307 g/mol. The van der Waals surface area contributed by atoms with Gasteiger partial charge in [-0.1, -0.05) is 29.8 Å². The fourth-order valence-corrected chi connectivity index (χ4v) is 2.54. The van der Waals surface area contributed by atoms with Crippen molar-refractivity contribution in [3.8, 4) is 11.9 Å². The third-order valence-corrected chi connectivity index (χ3v) is 3.79. The number of aryl methyl sites for hydroxylation is 1. The van der Waals surface area contributed by atoms with Gasteiger partial charge in [0.25, 0.3) is 0 Å². The first kappa shape index (κ1) is 15.0. The van der Waals surface area contributed by atoms with Crippen LogP contribution in [-0.4, -0.2) is 35.0 Å². The lowest BCUT2D eigenvalue weighted by atomic mass is 10.1. The van der Waals surface area contributed by atoms with E-state index in [1.807, 2.05) is 31.2 Å². The van der Waals surface area contributed by atoms with Gasteiger partial charge in [0, 0.05) is 12.3 Å². The van der Waals surface area contributed by atoms with Crippen molar-refractivity contribution in [1.29, 1.82) is 5.26 Å². The Labute approximate surface area is 135 Å². The van der Waals surface area contributed by atoms with E-state index in [-0.39, 0.29) is 12.0 Å². The zero-order valence-corrected chi connectivity index (χ0v) is 12.9. The van der Waals surface area contributed by atoms with E-state index in [9.17, 15) is 4.79 Å². The molecule has 1 aromatic heterocycles. The van der Waals surface area contributed by atoms with E-state index in [1.54, 1.807) is 23.2 Å². The van der Waals surface area contributed by atoms with Gasteiger partial charge in [-0.05, 0) is 18.6 Å². The summed E-state index contributed by atoms with van der Waals surface area (Å²) < 4.78 is 5.69. The highest BCUT2D eigenvalue weighted by Gasteiger charge is 2.32. The number of hydrogen-bond acceptors (Lipinski definition) is 4. The average molecular weight is 307 g/mol. The van der Waals surface area contributed by atoms with Gasteiger partial charge in [0.05, 0.1) is 31.1 Å². The largest absolute Gasteiger partial charge is 0.471 e. The maximum Gasteiger partial charge on any atom is 0.227 e. The molecule has 1 amide bonds. The molecule has 0 atom stereocenters. The number of pyridine rings is 1. The van der Waals surface area contributed by atoms with Gasteiger partial charge in [-0.25, -0.2) is 4.98 Å². The first-order valence-electron chi connectivity index (χ1n) is 7.50. The van der Waals surface area contributed by atoms with E-state index in [1.165, 1.54) is 0 Å². The highest BCUT2D eigenvalue weighted by molar-refractivity contribution is 5.79. The summed E-state index contributed by atoms with van der Waals surface area (Å²) in [5.41, 5.74) is 2.70. The number of carbonyl (C=O) groups excluding carboxylic acids is 1. The molecule has 0 unspecified atom stereocenters. The number of carbonyl (C=O) groups is 1. The second-order valence-electron chi connectivity index (χ2n) is 5.70. The quantitative estimate of drug-likeness (QED) is 0.867. The zero-order valence-electron chi connectivity index (χ0n) is 12.9. The van der Waals surface area contributed by atoms with Crippen LogP contribution in [0.4, 0.5) is 0 Å². The number of amides is 1. The maximum absolute atomic E-state index is 12.2. The molecule has 0 N–H and O–H groups in total. The molecule has 23 heavy (non-hydrogen) atoms. The molecule has 0 spiro atoms. The second kappa shape index (κ2) is 6.49. The van der Waals surface area contributed by atoms with Crippen molar-refractivity contribution in [2.45, 2.75) is 19.4 Å². The molecule has 0 radical (unpaired) electrons. The molecule has 2 aromatic rings. The summed E-state index contributed by atoms with van der Waals surface area (Å²) in [5, 5.41) is 8.86. The Balaban J connectivity index is 1.50. The highest BCUT2D eigenvalue weighted by atomic mass is 16.5. The van der Waals surface area contributed by atoms with E-state index in [4.69, 9.17) is 10.00 Å². The minimum absolute atomic E-state index is 0.0575. The Bertz CT molecular complexity index is 761. The number of rotatable bonds is 4. The molecule has 116 valence electrons. The standard InChI is InChI=1S/C18H17N3O2/c1-13-3-2-4-14(7-13)9-18(22)21-11-16(12-21)23-17-8-15(10-19)5-6-20-17/h2-8,16H,9,11-12H2,1H3. The molecular formula is C18H17N3O2. The van der Waals surface area contributed by atoms with Crippen molar-refractivity contribution < 1.29 is 9.53 Å². The van der Waals surface area contributed by atoms with Crippen molar-refractivity contribution in [3.63, 3.8) is 0 Å². The van der Waals surface area contributed by atoms with Gasteiger partial charge in [0.15, 0.2) is 0 Å². The van der Waals surface area contributed by atoms with Crippen LogP contribution in [0.2, 0.25) is 0 Å². The Hall–Kier alpha value is -2.87. The average Bonchev–Trinajstić information content (AvgIpc) is 2.50. The van der Waals surface area contributed by atoms with Crippen LogP contribution in [0.25, 0.3) is 0 Å². The predicted molar refractivity (Wildman–Crippen MR) is 84.8 cm³/mol. The number of nitrogens with zero attached hydrogens (tertiary/aromatic N) is 3. The van der Waals surface area contributed by atoms with Crippen LogP contribution >= 0.6 is 0 Å². The van der Waals surface area contributed by atoms with Crippen LogP contribution < -0.4 is 4.74 Å². The molecular weight excluding hydrogens is 290 g/mol. The van der Waals surface area contributed by atoms with E-state index < -0.39 is 0 Å². The topological polar surface area (TPSA) is 66.2 Å². The van der Waals surface area contributed by atoms with Crippen LogP contribution in [0.1, 0.15) is 16.7 Å². The number of nitriles is 1. The van der Waals surface area contributed by atoms with Gasteiger partial charge in [-0.15, -0.1) is 0 Å². The lowest BCUT2D eigenvalue weighted by Gasteiger charge is -2.38. The molecule has 1 aromatic carbocycles. The SMILES string of the molecule is Cc1cccc(CC(=O)N2CC(Oc3cc(C#N)ccn3)C2)c1. The first-order valence-corrected chi connectivity index (χ1v) is 7.50. The van der Waals surface area contributed by atoms with Crippen molar-refractivity contribution in [2.24, 2.45) is 0 Å². The molecule has 0 saturated carbocycles. The molecule has 1 fully saturated rings. The van der Waals surface area contributed by atoms with Gasteiger partial charge >= 0.3 is 0 Å². The zero-order chi connectivity index (χ0) is 16.2. The summed E-state index contributed by atoms with van der Waals surface area (Å²) in [4.78, 5) is 18.1. The molecule has 1 aliphatic heterocycles. The third kappa shape index (κ3) is 3.67. The molecule has 1 saturated heterocycles. The van der Waals surface area contributed by atoms with Crippen molar-refractivity contribution in [2.75, 3.05) is 13.1 Å². The second-order valence-corrected chi connectivity index (χ2v) is 5.70. The van der Waals surface area contributed by atoms with Crippen LogP contribution in [0, 0.1) is 18.3 Å². The molecule has 5 heteroatoms. The van der Waals surface area contributed by atoms with Crippen molar-refractivity contribution >= 4 is 5.91 Å². The fourth-order valence-electron chi connectivity index (χ4n) is 2.54. The summed E-state index contributed by atoms with van der Waals surface area (Å²) in [7, 11) is 0. The normalized spacial score (nSPS) is 14.0. The number of hydrogen-bond donors (Lipinski definition) is 0. The molecule has 1 aliphatic rings. The minimum Gasteiger partial charge on any atom is -0.471 e. The van der Waals surface area contributed by atoms with Gasteiger partial charge in [-0.3, -0.25) is 4.79 Å². The van der Waals surface area contributed by atoms with Crippen LogP contribution in [0.5, 0.6) is 5.88 Å². The first-order chi connectivity index (χ1) is 11.1. The Kier molecular flexibility index (Phi) is 4.24. The Morgan fingerprint density at radius 1 is 1.39 bits per heavy atom. The lowest BCUT2D eigenvalue weighted by Crippen LogP contribution is -2.56. The van der Waals surface area contributed by atoms with Crippen molar-refractivity contribution in [3.05, 3.63) is 59.3 Å². The van der Waals surface area contributed by atoms with Crippen LogP contribution in [0.3, 0.4) is 0 Å². The maximum atomic E-state index is 12.2. The number of benzene rings is 1. The summed E-state index contributed by atoms with van der Waals surface area (Å²) in [6.07, 6.45) is 1.90. The molecule has 3 rings (SSSR count). The van der Waals surface area contributed by atoms with E-state index in [2.05, 4.69) is 11.1 Å². The highest BCUT2D eigenvalue weighted by Crippen LogP contribution is 2.18. The number of aromatic nitrogens is 1. The van der Waals surface area contributed by atoms with Gasteiger partial charge in [-0.2, -0.15) is 5.26 Å². The molecule has 0 aliphatic carbocycles. The summed E-state index contributed by atoms with van der Waals surface area (Å²) >= 11 is 0. The van der Waals surface area contributed by atoms with E-state index in [0.29, 0.717) is 31.0 Å². The van der Waals surface area contributed by atoms with Crippen molar-refractivity contribution in [1.82, 2.24) is 9.88 Å². The lowest BCUT2D eigenvalue weighted by molar-refractivity contribution is -0.139. The van der Waals surface area contributed by atoms with Gasteiger partial charge < -0.3 is 9.64 Å². The summed E-state index contributed by atoms with van der Waals surface area (Å²) in [6.45, 7) is 3.13. The van der Waals surface area contributed by atoms with Crippen LogP contribution in [-0.2, 0) is 11.2 Å². The number of ether oxygens (including phenoxy) is 1.